The van der Waals surface area contributed by atoms with Gasteiger partial charge in [0.15, 0.2) is 0 Å². The standard InChI is InChI=1S/C14H25N5/c1-11-10-15-14(16-13(11)18(4)5)19-8-6-12(7-9-19)17(2)3/h10,12H,6-9H2,1-5H3. The van der Waals surface area contributed by atoms with Crippen LogP contribution in [0.25, 0.3) is 0 Å². The van der Waals surface area contributed by atoms with E-state index in [1.165, 1.54) is 12.8 Å². The van der Waals surface area contributed by atoms with Gasteiger partial charge in [0, 0.05) is 45.0 Å². The molecule has 19 heavy (non-hydrogen) atoms. The van der Waals surface area contributed by atoms with Gasteiger partial charge in [0.2, 0.25) is 5.95 Å². The highest BCUT2D eigenvalue weighted by atomic mass is 15.3. The predicted molar refractivity (Wildman–Crippen MR) is 80.0 cm³/mol. The number of aromatic nitrogens is 2. The van der Waals surface area contributed by atoms with Gasteiger partial charge in [0.25, 0.3) is 0 Å². The molecular formula is C14H25N5. The zero-order chi connectivity index (χ0) is 14.0. The maximum absolute atomic E-state index is 4.69. The maximum Gasteiger partial charge on any atom is 0.227 e. The highest BCUT2D eigenvalue weighted by molar-refractivity contribution is 5.48. The van der Waals surface area contributed by atoms with E-state index in [-0.39, 0.29) is 0 Å². The van der Waals surface area contributed by atoms with Crippen LogP contribution in [0.2, 0.25) is 0 Å². The molecule has 0 bridgehead atoms. The van der Waals surface area contributed by atoms with E-state index in [1.54, 1.807) is 0 Å². The number of nitrogens with zero attached hydrogens (tertiary/aromatic N) is 5. The maximum atomic E-state index is 4.69. The van der Waals surface area contributed by atoms with E-state index >= 15 is 0 Å². The number of rotatable bonds is 3. The lowest BCUT2D eigenvalue weighted by Crippen LogP contribution is -2.42. The Labute approximate surface area is 116 Å². The van der Waals surface area contributed by atoms with Crippen LogP contribution in [0.5, 0.6) is 0 Å². The van der Waals surface area contributed by atoms with Gasteiger partial charge in [-0.15, -0.1) is 0 Å². The third kappa shape index (κ3) is 3.15. The highest BCUT2D eigenvalue weighted by Crippen LogP contribution is 2.22. The molecule has 1 aliphatic rings. The monoisotopic (exact) mass is 263 g/mol. The summed E-state index contributed by atoms with van der Waals surface area (Å²) in [4.78, 5) is 15.8. The van der Waals surface area contributed by atoms with E-state index in [9.17, 15) is 0 Å². The van der Waals surface area contributed by atoms with E-state index in [0.717, 1.165) is 30.4 Å². The fourth-order valence-corrected chi connectivity index (χ4v) is 2.61. The van der Waals surface area contributed by atoms with Crippen LogP contribution in [-0.4, -0.2) is 62.2 Å². The molecule has 5 nitrogen and oxygen atoms in total. The summed E-state index contributed by atoms with van der Waals surface area (Å²) in [5.74, 6) is 1.88. The summed E-state index contributed by atoms with van der Waals surface area (Å²) < 4.78 is 0. The van der Waals surface area contributed by atoms with E-state index in [2.05, 4.69) is 35.8 Å². The van der Waals surface area contributed by atoms with Gasteiger partial charge in [-0.3, -0.25) is 0 Å². The van der Waals surface area contributed by atoms with Crippen LogP contribution in [0.15, 0.2) is 6.20 Å². The molecule has 0 aromatic carbocycles. The van der Waals surface area contributed by atoms with Gasteiger partial charge in [-0.1, -0.05) is 0 Å². The van der Waals surface area contributed by atoms with E-state index in [4.69, 9.17) is 4.98 Å². The summed E-state index contributed by atoms with van der Waals surface area (Å²) in [6, 6.07) is 0.690. The van der Waals surface area contributed by atoms with Crippen LogP contribution in [0.4, 0.5) is 11.8 Å². The minimum absolute atomic E-state index is 0.690. The normalized spacial score (nSPS) is 17.1. The van der Waals surface area contributed by atoms with Gasteiger partial charge in [0.1, 0.15) is 5.82 Å². The smallest absolute Gasteiger partial charge is 0.227 e. The number of anilines is 2. The third-order valence-electron chi connectivity index (χ3n) is 3.83. The number of aryl methyl sites for hydroxylation is 1. The minimum Gasteiger partial charge on any atom is -0.362 e. The molecule has 1 saturated heterocycles. The van der Waals surface area contributed by atoms with Crippen molar-refractivity contribution in [1.82, 2.24) is 14.9 Å². The first-order valence-electron chi connectivity index (χ1n) is 6.91. The topological polar surface area (TPSA) is 35.5 Å². The zero-order valence-electron chi connectivity index (χ0n) is 12.7. The van der Waals surface area contributed by atoms with E-state index < -0.39 is 0 Å². The molecule has 2 rings (SSSR count). The molecule has 0 N–H and O–H groups in total. The first-order chi connectivity index (χ1) is 8.99. The SMILES string of the molecule is Cc1cnc(N2CCC(N(C)C)CC2)nc1N(C)C. The van der Waals surface area contributed by atoms with Crippen LogP contribution >= 0.6 is 0 Å². The Hall–Kier alpha value is -1.36. The lowest BCUT2D eigenvalue weighted by Gasteiger charge is -2.35. The Morgan fingerprint density at radius 1 is 1.16 bits per heavy atom. The van der Waals surface area contributed by atoms with Gasteiger partial charge in [-0.2, -0.15) is 4.98 Å². The molecule has 0 radical (unpaired) electrons. The molecule has 1 fully saturated rings. The second kappa shape index (κ2) is 5.74. The molecule has 0 amide bonds. The summed E-state index contributed by atoms with van der Waals surface area (Å²) in [6.45, 7) is 4.13. The lowest BCUT2D eigenvalue weighted by molar-refractivity contribution is 0.249. The van der Waals surface area contributed by atoms with Crippen LogP contribution in [0.1, 0.15) is 18.4 Å². The summed E-state index contributed by atoms with van der Waals surface area (Å²) in [7, 11) is 8.37. The lowest BCUT2D eigenvalue weighted by atomic mass is 10.0. The number of hydrogen-bond donors (Lipinski definition) is 0. The highest BCUT2D eigenvalue weighted by Gasteiger charge is 2.22. The third-order valence-corrected chi connectivity index (χ3v) is 3.83. The second-order valence-corrected chi connectivity index (χ2v) is 5.75. The van der Waals surface area contributed by atoms with Crippen molar-refractivity contribution in [3.63, 3.8) is 0 Å². The molecule has 1 aromatic rings. The van der Waals surface area contributed by atoms with Gasteiger partial charge in [0.05, 0.1) is 0 Å². The molecule has 0 aliphatic carbocycles. The van der Waals surface area contributed by atoms with Crippen LogP contribution in [-0.2, 0) is 0 Å². The average Bonchev–Trinajstić information content (AvgIpc) is 2.39. The van der Waals surface area contributed by atoms with Crippen molar-refractivity contribution in [1.29, 1.82) is 0 Å². The summed E-state index contributed by atoms with van der Waals surface area (Å²) in [5.41, 5.74) is 1.12. The molecule has 2 heterocycles. The Balaban J connectivity index is 2.09. The molecule has 106 valence electrons. The Morgan fingerprint density at radius 3 is 2.32 bits per heavy atom. The van der Waals surface area contributed by atoms with Crippen molar-refractivity contribution in [2.45, 2.75) is 25.8 Å². The van der Waals surface area contributed by atoms with Crippen molar-refractivity contribution in [3.05, 3.63) is 11.8 Å². The number of hydrogen-bond acceptors (Lipinski definition) is 5. The molecule has 1 aromatic heterocycles. The quantitative estimate of drug-likeness (QED) is 0.823. The van der Waals surface area contributed by atoms with Crippen molar-refractivity contribution < 1.29 is 0 Å². The van der Waals surface area contributed by atoms with Crippen LogP contribution < -0.4 is 9.80 Å². The summed E-state index contributed by atoms with van der Waals surface area (Å²) in [6.07, 6.45) is 4.29. The van der Waals surface area contributed by atoms with E-state index in [1.807, 2.05) is 25.2 Å². The summed E-state index contributed by atoms with van der Waals surface area (Å²) in [5, 5.41) is 0. The molecular weight excluding hydrogens is 238 g/mol. The second-order valence-electron chi connectivity index (χ2n) is 5.75. The Kier molecular flexibility index (Phi) is 4.24. The fourth-order valence-electron chi connectivity index (χ4n) is 2.61. The molecule has 0 saturated carbocycles. The molecule has 0 atom stereocenters. The molecule has 0 spiro atoms. The Morgan fingerprint density at radius 2 is 1.79 bits per heavy atom. The van der Waals surface area contributed by atoms with Crippen molar-refractivity contribution in [3.8, 4) is 0 Å². The van der Waals surface area contributed by atoms with Gasteiger partial charge < -0.3 is 14.7 Å². The fraction of sp³-hybridized carbons (Fsp3) is 0.714. The molecule has 5 heteroatoms. The van der Waals surface area contributed by atoms with E-state index in [0.29, 0.717) is 6.04 Å². The largest absolute Gasteiger partial charge is 0.362 e. The number of piperidine rings is 1. The zero-order valence-corrected chi connectivity index (χ0v) is 12.7. The van der Waals surface area contributed by atoms with Crippen molar-refractivity contribution in [2.75, 3.05) is 51.1 Å². The first kappa shape index (κ1) is 14.1. The predicted octanol–water partition coefficient (Wildman–Crippen LogP) is 1.38. The van der Waals surface area contributed by atoms with Crippen LogP contribution in [0, 0.1) is 6.92 Å². The van der Waals surface area contributed by atoms with Gasteiger partial charge >= 0.3 is 0 Å². The van der Waals surface area contributed by atoms with Gasteiger partial charge in [-0.05, 0) is 33.9 Å². The van der Waals surface area contributed by atoms with Gasteiger partial charge in [-0.25, -0.2) is 4.98 Å². The summed E-state index contributed by atoms with van der Waals surface area (Å²) >= 11 is 0. The minimum atomic E-state index is 0.690. The van der Waals surface area contributed by atoms with Crippen LogP contribution in [0.3, 0.4) is 0 Å². The first-order valence-corrected chi connectivity index (χ1v) is 6.91. The molecule has 1 aliphatic heterocycles. The molecule has 0 unspecified atom stereocenters. The average molecular weight is 263 g/mol. The van der Waals surface area contributed by atoms with Crippen molar-refractivity contribution in [2.24, 2.45) is 0 Å². The van der Waals surface area contributed by atoms with Crippen molar-refractivity contribution >= 4 is 11.8 Å². The Bertz CT molecular complexity index is 422.